The van der Waals surface area contributed by atoms with Crippen molar-refractivity contribution < 1.29 is 19.0 Å². The minimum absolute atomic E-state index is 0.131. The van der Waals surface area contributed by atoms with Crippen LogP contribution in [0.15, 0.2) is 70.3 Å². The Bertz CT molecular complexity index is 917. The van der Waals surface area contributed by atoms with Crippen LogP contribution in [0.1, 0.15) is 11.1 Å². The Labute approximate surface area is 156 Å². The van der Waals surface area contributed by atoms with Gasteiger partial charge in [0.2, 0.25) is 5.90 Å². The molecule has 0 atom stereocenters. The summed E-state index contributed by atoms with van der Waals surface area (Å²) >= 11 is 6.21. The van der Waals surface area contributed by atoms with Gasteiger partial charge in [0.15, 0.2) is 17.2 Å². The van der Waals surface area contributed by atoms with Gasteiger partial charge in [-0.2, -0.15) is 0 Å². The quantitative estimate of drug-likeness (QED) is 0.586. The van der Waals surface area contributed by atoms with Gasteiger partial charge < -0.3 is 14.2 Å². The lowest BCUT2D eigenvalue weighted by atomic mass is 10.2. The van der Waals surface area contributed by atoms with Gasteiger partial charge >= 0.3 is 5.97 Å². The van der Waals surface area contributed by atoms with Crippen LogP contribution in [0.25, 0.3) is 6.08 Å². The fourth-order valence-electron chi connectivity index (χ4n) is 2.38. The first kappa shape index (κ1) is 17.8. The van der Waals surface area contributed by atoms with Crippen LogP contribution in [0.5, 0.6) is 11.5 Å². The zero-order valence-corrected chi connectivity index (χ0v) is 15.0. The van der Waals surface area contributed by atoms with E-state index in [1.54, 1.807) is 31.4 Å². The second kappa shape index (κ2) is 7.89. The minimum Gasteiger partial charge on any atom is -0.493 e. The summed E-state index contributed by atoms with van der Waals surface area (Å²) in [5.74, 6) is 0.717. The number of carbonyl (C=O) groups is 1. The van der Waals surface area contributed by atoms with Gasteiger partial charge in [-0.05, 0) is 35.9 Å². The lowest BCUT2D eigenvalue weighted by Crippen LogP contribution is -2.06. The molecule has 0 radical (unpaired) electrons. The summed E-state index contributed by atoms with van der Waals surface area (Å²) in [6, 6.07) is 14.7. The number of carbonyl (C=O) groups excluding carboxylic acids is 1. The van der Waals surface area contributed by atoms with Crippen LogP contribution in [-0.4, -0.2) is 26.1 Å². The van der Waals surface area contributed by atoms with Crippen molar-refractivity contribution in [3.05, 3.63) is 76.5 Å². The second-order valence-electron chi connectivity index (χ2n) is 5.35. The van der Waals surface area contributed by atoms with Crippen LogP contribution in [0.3, 0.4) is 0 Å². The van der Waals surface area contributed by atoms with Gasteiger partial charge in [-0.25, -0.2) is 9.79 Å². The second-order valence-corrected chi connectivity index (χ2v) is 5.78. The third-order valence-corrected chi connectivity index (χ3v) is 3.85. The van der Waals surface area contributed by atoms with Crippen molar-refractivity contribution in [2.24, 2.45) is 4.99 Å². The summed E-state index contributed by atoms with van der Waals surface area (Å²) < 4.78 is 15.7. The zero-order valence-electron chi connectivity index (χ0n) is 14.2. The van der Waals surface area contributed by atoms with E-state index in [1.165, 1.54) is 13.2 Å². The highest BCUT2D eigenvalue weighted by atomic mass is 35.5. The molecule has 0 saturated carbocycles. The molecule has 0 N–H and O–H groups in total. The number of nitrogens with zero attached hydrogens (tertiary/aromatic N) is 1. The molecule has 0 amide bonds. The molecule has 3 rings (SSSR count). The molecular weight excluding hydrogens is 354 g/mol. The van der Waals surface area contributed by atoms with E-state index in [4.69, 9.17) is 25.8 Å². The van der Waals surface area contributed by atoms with Gasteiger partial charge in [0.05, 0.1) is 14.2 Å². The van der Waals surface area contributed by atoms with Crippen molar-refractivity contribution in [3.63, 3.8) is 0 Å². The highest BCUT2D eigenvalue weighted by Gasteiger charge is 2.25. The first-order valence-electron chi connectivity index (χ1n) is 7.78. The van der Waals surface area contributed by atoms with Gasteiger partial charge in [0.25, 0.3) is 0 Å². The Kier molecular flexibility index (Phi) is 5.39. The fraction of sp³-hybridized carbons (Fsp3) is 0.100. The van der Waals surface area contributed by atoms with E-state index in [0.29, 0.717) is 22.1 Å². The highest BCUT2D eigenvalue weighted by molar-refractivity contribution is 6.33. The molecule has 0 aliphatic carbocycles. The van der Waals surface area contributed by atoms with Gasteiger partial charge in [0.1, 0.15) is 0 Å². The minimum atomic E-state index is -0.561. The SMILES string of the molecule is COc1ccc(C2=N/C(=C\C(Cl)=C\c3ccccc3)C(=O)O2)cc1OC. The standard InChI is InChI=1S/C20H16ClNO4/c1-24-17-9-8-14(11-18(17)25-2)19-22-16(20(23)26-19)12-15(21)10-13-6-4-3-5-7-13/h3-12H,1-2H3/b15-10-,16-12-. The van der Waals surface area contributed by atoms with E-state index in [-0.39, 0.29) is 11.6 Å². The maximum Gasteiger partial charge on any atom is 0.363 e. The molecule has 2 aromatic carbocycles. The molecule has 1 aliphatic heterocycles. The van der Waals surface area contributed by atoms with Gasteiger partial charge in [0, 0.05) is 10.6 Å². The molecule has 0 bridgehead atoms. The normalized spacial score (nSPS) is 15.7. The molecule has 0 spiro atoms. The summed E-state index contributed by atoms with van der Waals surface area (Å²) in [6.07, 6.45) is 3.22. The summed E-state index contributed by atoms with van der Waals surface area (Å²) in [7, 11) is 3.08. The van der Waals surface area contributed by atoms with Gasteiger partial charge in [-0.15, -0.1) is 0 Å². The number of hydrogen-bond acceptors (Lipinski definition) is 5. The average molecular weight is 370 g/mol. The third-order valence-electron chi connectivity index (χ3n) is 3.63. The first-order valence-corrected chi connectivity index (χ1v) is 8.15. The number of allylic oxidation sites excluding steroid dienone is 2. The van der Waals surface area contributed by atoms with Crippen LogP contribution >= 0.6 is 11.6 Å². The molecule has 1 heterocycles. The summed E-state index contributed by atoms with van der Waals surface area (Å²) in [5, 5.41) is 0.375. The van der Waals surface area contributed by atoms with E-state index >= 15 is 0 Å². The first-order chi connectivity index (χ1) is 12.6. The van der Waals surface area contributed by atoms with Crippen LogP contribution in [0.4, 0.5) is 0 Å². The number of ether oxygens (including phenoxy) is 3. The summed E-state index contributed by atoms with van der Waals surface area (Å²) in [5.41, 5.74) is 1.65. The fourth-order valence-corrected chi connectivity index (χ4v) is 2.61. The number of cyclic esters (lactones) is 1. The summed E-state index contributed by atoms with van der Waals surface area (Å²) in [6.45, 7) is 0. The Morgan fingerprint density at radius 3 is 2.50 bits per heavy atom. The Balaban J connectivity index is 1.88. The number of halogens is 1. The van der Waals surface area contributed by atoms with Crippen molar-refractivity contribution >= 4 is 29.5 Å². The number of rotatable bonds is 5. The molecular formula is C20H16ClNO4. The molecule has 2 aromatic rings. The topological polar surface area (TPSA) is 57.1 Å². The average Bonchev–Trinajstić information content (AvgIpc) is 3.02. The van der Waals surface area contributed by atoms with E-state index in [1.807, 2.05) is 30.3 Å². The lowest BCUT2D eigenvalue weighted by Gasteiger charge is -2.08. The smallest absolute Gasteiger partial charge is 0.363 e. The number of methoxy groups -OCH3 is 2. The van der Waals surface area contributed by atoms with Crippen LogP contribution in [0, 0.1) is 0 Å². The van der Waals surface area contributed by atoms with Crippen molar-refractivity contribution in [2.45, 2.75) is 0 Å². The molecule has 1 aliphatic rings. The molecule has 6 heteroatoms. The molecule has 132 valence electrons. The van der Waals surface area contributed by atoms with Crippen LogP contribution < -0.4 is 9.47 Å². The highest BCUT2D eigenvalue weighted by Crippen LogP contribution is 2.29. The zero-order chi connectivity index (χ0) is 18.5. The predicted molar refractivity (Wildman–Crippen MR) is 101 cm³/mol. The van der Waals surface area contributed by atoms with E-state index in [0.717, 1.165) is 5.56 Å². The van der Waals surface area contributed by atoms with Crippen molar-refractivity contribution in [1.82, 2.24) is 0 Å². The lowest BCUT2D eigenvalue weighted by molar-refractivity contribution is -0.130. The van der Waals surface area contributed by atoms with Gasteiger partial charge in [-0.1, -0.05) is 41.9 Å². The maximum absolute atomic E-state index is 12.1. The van der Waals surface area contributed by atoms with E-state index < -0.39 is 5.97 Å². The van der Waals surface area contributed by atoms with Crippen molar-refractivity contribution in [3.8, 4) is 11.5 Å². The number of hydrogen-bond donors (Lipinski definition) is 0. The Morgan fingerprint density at radius 1 is 1.08 bits per heavy atom. The maximum atomic E-state index is 12.1. The molecule has 0 saturated heterocycles. The summed E-state index contributed by atoms with van der Waals surface area (Å²) in [4.78, 5) is 16.3. The van der Waals surface area contributed by atoms with Crippen LogP contribution in [-0.2, 0) is 9.53 Å². The van der Waals surface area contributed by atoms with E-state index in [9.17, 15) is 4.79 Å². The number of aliphatic imine (C=N–C) groups is 1. The molecule has 0 fully saturated rings. The predicted octanol–water partition coefficient (Wildman–Crippen LogP) is 4.17. The molecule has 5 nitrogen and oxygen atoms in total. The third kappa shape index (κ3) is 3.95. The van der Waals surface area contributed by atoms with Crippen LogP contribution in [0.2, 0.25) is 0 Å². The van der Waals surface area contributed by atoms with Crippen molar-refractivity contribution in [2.75, 3.05) is 14.2 Å². The Hall–Kier alpha value is -3.05. The largest absolute Gasteiger partial charge is 0.493 e. The molecule has 26 heavy (non-hydrogen) atoms. The Morgan fingerprint density at radius 2 is 1.81 bits per heavy atom. The monoisotopic (exact) mass is 369 g/mol. The number of benzene rings is 2. The number of esters is 1. The van der Waals surface area contributed by atoms with E-state index in [2.05, 4.69) is 4.99 Å². The molecule has 0 unspecified atom stereocenters. The molecule has 0 aromatic heterocycles. The van der Waals surface area contributed by atoms with Crippen molar-refractivity contribution in [1.29, 1.82) is 0 Å². The van der Waals surface area contributed by atoms with Gasteiger partial charge in [-0.3, -0.25) is 0 Å².